The molecule has 1 aliphatic carbocycles. The minimum atomic E-state index is -0.124. The highest BCUT2D eigenvalue weighted by Crippen LogP contribution is 2.28. The minimum absolute atomic E-state index is 0.104. The highest BCUT2D eigenvalue weighted by Gasteiger charge is 2.28. The molecule has 19 heavy (non-hydrogen) atoms. The van der Waals surface area contributed by atoms with Crippen molar-refractivity contribution in [3.05, 3.63) is 33.8 Å². The standard InChI is InChI=1S/C14H17BrN2O2/c1-9-2-3-11(8-12(9)15)14(19)17-7-6-16-13(18)10-4-5-10/h2-3,8,10H,4-7H2,1H3,(H,16,18)(H,17,19). The molecule has 4 nitrogen and oxygen atoms in total. The van der Waals surface area contributed by atoms with Crippen LogP contribution in [0.25, 0.3) is 0 Å². The van der Waals surface area contributed by atoms with E-state index in [2.05, 4.69) is 26.6 Å². The second-order valence-corrected chi connectivity index (χ2v) is 5.64. The number of nitrogens with one attached hydrogen (secondary N) is 2. The van der Waals surface area contributed by atoms with Gasteiger partial charge in [0.15, 0.2) is 0 Å². The summed E-state index contributed by atoms with van der Waals surface area (Å²) in [7, 11) is 0. The van der Waals surface area contributed by atoms with Gasteiger partial charge in [-0.1, -0.05) is 22.0 Å². The number of carbonyl (C=O) groups is 2. The second kappa shape index (κ2) is 6.19. The van der Waals surface area contributed by atoms with E-state index in [4.69, 9.17) is 0 Å². The average molecular weight is 325 g/mol. The number of carbonyl (C=O) groups excluding carboxylic acids is 2. The maximum Gasteiger partial charge on any atom is 0.251 e. The summed E-state index contributed by atoms with van der Waals surface area (Å²) in [5, 5.41) is 5.59. The number of rotatable bonds is 5. The van der Waals surface area contributed by atoms with E-state index in [0.717, 1.165) is 22.9 Å². The fourth-order valence-electron chi connectivity index (χ4n) is 1.69. The van der Waals surface area contributed by atoms with E-state index in [9.17, 15) is 9.59 Å². The van der Waals surface area contributed by atoms with Crippen LogP contribution in [0.2, 0.25) is 0 Å². The van der Waals surface area contributed by atoms with Crippen molar-refractivity contribution in [1.29, 1.82) is 0 Å². The molecule has 5 heteroatoms. The van der Waals surface area contributed by atoms with Gasteiger partial charge in [-0.05, 0) is 37.5 Å². The molecule has 1 aromatic rings. The van der Waals surface area contributed by atoms with Gasteiger partial charge in [0.1, 0.15) is 0 Å². The van der Waals surface area contributed by atoms with Crippen LogP contribution in [0, 0.1) is 12.8 Å². The number of benzene rings is 1. The van der Waals surface area contributed by atoms with Crippen molar-refractivity contribution < 1.29 is 9.59 Å². The molecule has 0 atom stereocenters. The van der Waals surface area contributed by atoms with Crippen LogP contribution in [0.4, 0.5) is 0 Å². The lowest BCUT2D eigenvalue weighted by molar-refractivity contribution is -0.122. The third-order valence-corrected chi connectivity index (χ3v) is 3.95. The maximum atomic E-state index is 11.9. The highest BCUT2D eigenvalue weighted by atomic mass is 79.9. The average Bonchev–Trinajstić information content (AvgIpc) is 3.21. The lowest BCUT2D eigenvalue weighted by Gasteiger charge is -2.07. The van der Waals surface area contributed by atoms with Gasteiger partial charge in [-0.3, -0.25) is 9.59 Å². The largest absolute Gasteiger partial charge is 0.354 e. The molecule has 102 valence electrons. The first kappa shape index (κ1) is 14.1. The summed E-state index contributed by atoms with van der Waals surface area (Å²) in [4.78, 5) is 23.2. The Labute approximate surface area is 121 Å². The first-order valence-corrected chi connectivity index (χ1v) is 7.19. The maximum absolute atomic E-state index is 11.9. The zero-order valence-electron chi connectivity index (χ0n) is 10.8. The van der Waals surface area contributed by atoms with Crippen molar-refractivity contribution in [3.8, 4) is 0 Å². The van der Waals surface area contributed by atoms with Crippen molar-refractivity contribution in [3.63, 3.8) is 0 Å². The first-order valence-electron chi connectivity index (χ1n) is 6.40. The zero-order chi connectivity index (χ0) is 13.8. The monoisotopic (exact) mass is 324 g/mol. The molecule has 2 N–H and O–H groups in total. The molecule has 0 heterocycles. The summed E-state index contributed by atoms with van der Waals surface area (Å²) in [6, 6.07) is 5.49. The summed E-state index contributed by atoms with van der Waals surface area (Å²) >= 11 is 3.40. The molecule has 0 aliphatic heterocycles. The number of amides is 2. The van der Waals surface area contributed by atoms with Gasteiger partial charge < -0.3 is 10.6 Å². The van der Waals surface area contributed by atoms with Crippen LogP contribution >= 0.6 is 15.9 Å². The fourth-order valence-corrected chi connectivity index (χ4v) is 2.07. The molecule has 1 aromatic carbocycles. The quantitative estimate of drug-likeness (QED) is 0.814. The van der Waals surface area contributed by atoms with Crippen LogP contribution in [0.15, 0.2) is 22.7 Å². The van der Waals surface area contributed by atoms with E-state index in [1.165, 1.54) is 0 Å². The number of aryl methyl sites for hydroxylation is 1. The van der Waals surface area contributed by atoms with Gasteiger partial charge in [-0.25, -0.2) is 0 Å². The summed E-state index contributed by atoms with van der Waals surface area (Å²) in [5.41, 5.74) is 1.71. The van der Waals surface area contributed by atoms with Gasteiger partial charge in [0.2, 0.25) is 5.91 Å². The van der Waals surface area contributed by atoms with Crippen molar-refractivity contribution in [1.82, 2.24) is 10.6 Å². The molecule has 1 saturated carbocycles. The van der Waals surface area contributed by atoms with Gasteiger partial charge in [-0.15, -0.1) is 0 Å². The SMILES string of the molecule is Cc1ccc(C(=O)NCCNC(=O)C2CC2)cc1Br. The lowest BCUT2D eigenvalue weighted by atomic mass is 10.1. The van der Waals surface area contributed by atoms with Crippen LogP contribution < -0.4 is 10.6 Å². The smallest absolute Gasteiger partial charge is 0.251 e. The van der Waals surface area contributed by atoms with E-state index in [1.54, 1.807) is 12.1 Å². The normalized spacial score (nSPS) is 14.0. The van der Waals surface area contributed by atoms with Crippen LogP contribution in [0.5, 0.6) is 0 Å². The Kier molecular flexibility index (Phi) is 4.58. The first-order chi connectivity index (χ1) is 9.08. The van der Waals surface area contributed by atoms with Crippen LogP contribution in [0.1, 0.15) is 28.8 Å². The summed E-state index contributed by atoms with van der Waals surface area (Å²) in [5.74, 6) is 0.192. The fraction of sp³-hybridized carbons (Fsp3) is 0.429. The Hall–Kier alpha value is -1.36. The van der Waals surface area contributed by atoms with Crippen LogP contribution in [0.3, 0.4) is 0 Å². The predicted octanol–water partition coefficient (Wildman–Crippen LogP) is 2.01. The van der Waals surface area contributed by atoms with Gasteiger partial charge in [0.05, 0.1) is 0 Å². The molecular formula is C14H17BrN2O2. The molecule has 2 amide bonds. The van der Waals surface area contributed by atoms with Crippen molar-refractivity contribution >= 4 is 27.7 Å². The molecular weight excluding hydrogens is 308 g/mol. The Bertz CT molecular complexity index is 498. The van der Waals surface area contributed by atoms with Gasteiger partial charge in [0, 0.05) is 29.0 Å². The molecule has 1 aliphatic rings. The third kappa shape index (κ3) is 4.06. The number of hydrogen-bond donors (Lipinski definition) is 2. The van der Waals surface area contributed by atoms with E-state index in [1.807, 2.05) is 13.0 Å². The minimum Gasteiger partial charge on any atom is -0.354 e. The zero-order valence-corrected chi connectivity index (χ0v) is 12.4. The third-order valence-electron chi connectivity index (χ3n) is 3.09. The predicted molar refractivity (Wildman–Crippen MR) is 76.9 cm³/mol. The van der Waals surface area contributed by atoms with Crippen LogP contribution in [-0.4, -0.2) is 24.9 Å². The van der Waals surface area contributed by atoms with Crippen molar-refractivity contribution in [2.24, 2.45) is 5.92 Å². The molecule has 0 spiro atoms. The van der Waals surface area contributed by atoms with Gasteiger partial charge in [-0.2, -0.15) is 0 Å². The highest BCUT2D eigenvalue weighted by molar-refractivity contribution is 9.10. The number of halogens is 1. The van der Waals surface area contributed by atoms with Crippen LogP contribution in [-0.2, 0) is 4.79 Å². The molecule has 0 unspecified atom stereocenters. The van der Waals surface area contributed by atoms with Gasteiger partial charge >= 0.3 is 0 Å². The Morgan fingerprint density at radius 1 is 1.26 bits per heavy atom. The van der Waals surface area contributed by atoms with Crippen molar-refractivity contribution in [2.75, 3.05) is 13.1 Å². The van der Waals surface area contributed by atoms with Crippen molar-refractivity contribution in [2.45, 2.75) is 19.8 Å². The van der Waals surface area contributed by atoms with E-state index in [-0.39, 0.29) is 17.7 Å². The summed E-state index contributed by atoms with van der Waals surface area (Å²) in [6.07, 6.45) is 1.99. The molecule has 0 radical (unpaired) electrons. The van der Waals surface area contributed by atoms with Gasteiger partial charge in [0.25, 0.3) is 5.91 Å². The molecule has 0 bridgehead atoms. The Morgan fingerprint density at radius 2 is 1.95 bits per heavy atom. The second-order valence-electron chi connectivity index (χ2n) is 4.79. The summed E-state index contributed by atoms with van der Waals surface area (Å²) < 4.78 is 0.919. The number of hydrogen-bond acceptors (Lipinski definition) is 2. The van der Waals surface area contributed by atoms with E-state index in [0.29, 0.717) is 18.7 Å². The Morgan fingerprint density at radius 3 is 2.58 bits per heavy atom. The molecule has 0 saturated heterocycles. The van der Waals surface area contributed by atoms with E-state index >= 15 is 0 Å². The van der Waals surface area contributed by atoms with E-state index < -0.39 is 0 Å². The lowest BCUT2D eigenvalue weighted by Crippen LogP contribution is -2.35. The molecule has 1 fully saturated rings. The summed E-state index contributed by atoms with van der Waals surface area (Å²) in [6.45, 7) is 2.90. The molecule has 0 aromatic heterocycles. The topological polar surface area (TPSA) is 58.2 Å². The Balaban J connectivity index is 1.74. The molecule has 2 rings (SSSR count).